The van der Waals surface area contributed by atoms with Gasteiger partial charge in [-0.3, -0.25) is 14.4 Å². The van der Waals surface area contributed by atoms with Crippen LogP contribution in [0.3, 0.4) is 0 Å². The third-order valence-electron chi connectivity index (χ3n) is 8.13. The molecule has 0 atom stereocenters. The van der Waals surface area contributed by atoms with Crippen LogP contribution in [0.2, 0.25) is 10.0 Å². The van der Waals surface area contributed by atoms with Crippen molar-refractivity contribution in [2.24, 2.45) is 10.8 Å². The lowest BCUT2D eigenvalue weighted by molar-refractivity contribution is -0.120. The Morgan fingerprint density at radius 1 is 0.927 bits per heavy atom. The Hall–Kier alpha value is -3.09. The molecule has 1 heterocycles. The van der Waals surface area contributed by atoms with Crippen LogP contribution in [-0.2, 0) is 14.4 Å². The summed E-state index contributed by atoms with van der Waals surface area (Å²) in [5, 5.41) is 3.66. The normalized spacial score (nSPS) is 20.1. The van der Waals surface area contributed by atoms with E-state index < -0.39 is 5.92 Å². The number of allylic oxidation sites excluding steroid dienone is 4. The number of ketones is 2. The lowest BCUT2D eigenvalue weighted by Gasteiger charge is -2.49. The number of carbonyl (C=O) groups is 3. The van der Waals surface area contributed by atoms with Crippen molar-refractivity contribution in [1.82, 2.24) is 4.90 Å². The van der Waals surface area contributed by atoms with Crippen molar-refractivity contribution >= 4 is 46.4 Å². The Balaban J connectivity index is 1.60. The number of para-hydroxylation sites is 1. The average molecular weight is 596 g/mol. The van der Waals surface area contributed by atoms with Crippen LogP contribution >= 0.6 is 23.2 Å². The van der Waals surface area contributed by atoms with Gasteiger partial charge in [0.05, 0.1) is 10.7 Å². The van der Waals surface area contributed by atoms with Crippen molar-refractivity contribution in [2.45, 2.75) is 66.2 Å². The number of rotatable bonds is 6. The first-order valence-electron chi connectivity index (χ1n) is 14.1. The number of amides is 1. The molecule has 41 heavy (non-hydrogen) atoms. The Kier molecular flexibility index (Phi) is 7.86. The van der Waals surface area contributed by atoms with Crippen molar-refractivity contribution in [3.8, 4) is 5.75 Å². The van der Waals surface area contributed by atoms with E-state index in [9.17, 15) is 14.4 Å². The summed E-state index contributed by atoms with van der Waals surface area (Å²) < 4.78 is 6.09. The smallest absolute Gasteiger partial charge is 0.262 e. The number of hydrogen-bond acceptors (Lipinski definition) is 5. The predicted molar refractivity (Wildman–Crippen MR) is 162 cm³/mol. The van der Waals surface area contributed by atoms with Crippen LogP contribution in [0.4, 0.5) is 5.69 Å². The van der Waals surface area contributed by atoms with Crippen molar-refractivity contribution < 1.29 is 19.1 Å². The van der Waals surface area contributed by atoms with Gasteiger partial charge in [-0.25, -0.2) is 0 Å². The van der Waals surface area contributed by atoms with E-state index in [1.54, 1.807) is 42.5 Å². The van der Waals surface area contributed by atoms with E-state index in [0.717, 1.165) is 24.2 Å². The molecule has 8 heteroatoms. The van der Waals surface area contributed by atoms with Gasteiger partial charge in [0.1, 0.15) is 5.75 Å². The second-order valence-corrected chi connectivity index (χ2v) is 13.6. The molecule has 0 bridgehead atoms. The van der Waals surface area contributed by atoms with Crippen LogP contribution < -0.4 is 10.1 Å². The lowest BCUT2D eigenvalue weighted by atomic mass is 9.63. The molecule has 5 rings (SSSR count). The quantitative estimate of drug-likeness (QED) is 0.370. The maximum absolute atomic E-state index is 13.9. The van der Waals surface area contributed by atoms with Gasteiger partial charge >= 0.3 is 0 Å². The van der Waals surface area contributed by atoms with E-state index in [0.29, 0.717) is 57.6 Å². The van der Waals surface area contributed by atoms with E-state index in [4.69, 9.17) is 27.9 Å². The highest BCUT2D eigenvalue weighted by Crippen LogP contribution is 2.55. The number of ether oxygens (including phenoxy) is 1. The Bertz CT molecular complexity index is 1450. The van der Waals surface area contributed by atoms with Gasteiger partial charge in [-0.05, 0) is 60.9 Å². The molecular weight excluding hydrogens is 559 g/mol. The fraction of sp³-hybridized carbons (Fsp3) is 0.424. The van der Waals surface area contributed by atoms with Crippen molar-refractivity contribution in [2.75, 3.05) is 18.5 Å². The molecule has 1 aliphatic heterocycles. The summed E-state index contributed by atoms with van der Waals surface area (Å²) in [5.74, 6) is -0.522. The summed E-state index contributed by atoms with van der Waals surface area (Å²) in [4.78, 5) is 42.9. The first kappa shape index (κ1) is 29.4. The van der Waals surface area contributed by atoms with E-state index in [1.807, 2.05) is 0 Å². The van der Waals surface area contributed by atoms with E-state index in [1.165, 1.54) is 0 Å². The molecule has 0 saturated heterocycles. The number of benzene rings is 2. The maximum atomic E-state index is 13.9. The minimum Gasteiger partial charge on any atom is -0.483 e. The van der Waals surface area contributed by atoms with Gasteiger partial charge in [-0.1, -0.05) is 63.0 Å². The fourth-order valence-electron chi connectivity index (χ4n) is 6.51. The van der Waals surface area contributed by atoms with Gasteiger partial charge in [-0.15, -0.1) is 0 Å². The minimum absolute atomic E-state index is 0.0336. The third-order valence-corrected chi connectivity index (χ3v) is 8.69. The van der Waals surface area contributed by atoms with Gasteiger partial charge < -0.3 is 15.0 Å². The number of Topliss-reactive ketones (excluding diaryl/α,β-unsaturated/α-hetero) is 2. The van der Waals surface area contributed by atoms with Crippen molar-refractivity contribution in [3.63, 3.8) is 0 Å². The van der Waals surface area contributed by atoms with Crippen LogP contribution in [-0.4, -0.2) is 35.5 Å². The summed E-state index contributed by atoms with van der Waals surface area (Å²) in [5.41, 5.74) is 3.95. The van der Waals surface area contributed by atoms with Gasteiger partial charge in [0.2, 0.25) is 0 Å². The molecule has 1 N–H and O–H groups in total. The Morgan fingerprint density at radius 3 is 2.07 bits per heavy atom. The van der Waals surface area contributed by atoms with E-state index in [2.05, 4.69) is 44.8 Å². The van der Waals surface area contributed by atoms with Crippen LogP contribution in [0.15, 0.2) is 65.0 Å². The zero-order valence-electron chi connectivity index (χ0n) is 24.2. The van der Waals surface area contributed by atoms with Gasteiger partial charge in [0, 0.05) is 58.4 Å². The van der Waals surface area contributed by atoms with Crippen LogP contribution in [0.25, 0.3) is 0 Å². The zero-order chi connectivity index (χ0) is 29.7. The summed E-state index contributed by atoms with van der Waals surface area (Å²) in [6, 6.07) is 12.1. The summed E-state index contributed by atoms with van der Waals surface area (Å²) in [6.07, 6.45) is 2.22. The molecule has 2 aromatic carbocycles. The van der Waals surface area contributed by atoms with Crippen molar-refractivity contribution in [1.29, 1.82) is 0 Å². The lowest BCUT2D eigenvalue weighted by Crippen LogP contribution is -2.44. The molecule has 0 radical (unpaired) electrons. The van der Waals surface area contributed by atoms with Crippen LogP contribution in [0, 0.1) is 10.8 Å². The molecule has 0 unspecified atom stereocenters. The molecule has 6 nitrogen and oxygen atoms in total. The largest absolute Gasteiger partial charge is 0.483 e. The first-order chi connectivity index (χ1) is 19.3. The number of hydrogen-bond donors (Lipinski definition) is 1. The Morgan fingerprint density at radius 2 is 1.51 bits per heavy atom. The number of carbonyl (C=O) groups excluding carboxylic acids is 3. The monoisotopic (exact) mass is 594 g/mol. The molecule has 216 valence electrons. The number of halogens is 2. The topological polar surface area (TPSA) is 75.7 Å². The minimum atomic E-state index is -0.615. The van der Waals surface area contributed by atoms with Crippen LogP contribution in [0.1, 0.15) is 71.8 Å². The standard InChI is InChI=1S/C33H36Cl2N2O4/c1-6-37-23-14-32(2,3)16-25(38)30(23)29(31-24(37)15-33(4,5)17-26(31)39)20-13-19(34)11-12-27(20)41-18-28(40)36-22-10-8-7-9-21(22)35/h7-13,29H,6,14-18H2,1-5H3,(H,36,40). The molecule has 2 aliphatic carbocycles. The van der Waals surface area contributed by atoms with Crippen molar-refractivity contribution in [3.05, 3.63) is 80.6 Å². The third kappa shape index (κ3) is 5.82. The molecule has 1 amide bonds. The number of nitrogens with zero attached hydrogens (tertiary/aromatic N) is 1. The second kappa shape index (κ2) is 11.0. The highest BCUT2D eigenvalue weighted by atomic mass is 35.5. The second-order valence-electron chi connectivity index (χ2n) is 12.8. The van der Waals surface area contributed by atoms with Gasteiger partial charge in [0.15, 0.2) is 18.2 Å². The van der Waals surface area contributed by atoms with Gasteiger partial charge in [-0.2, -0.15) is 0 Å². The molecule has 3 aliphatic rings. The zero-order valence-corrected chi connectivity index (χ0v) is 25.7. The van der Waals surface area contributed by atoms with E-state index >= 15 is 0 Å². The molecule has 0 spiro atoms. The highest BCUT2D eigenvalue weighted by Gasteiger charge is 2.49. The molecule has 0 fully saturated rings. The predicted octanol–water partition coefficient (Wildman–Crippen LogP) is 7.72. The van der Waals surface area contributed by atoms with Crippen LogP contribution in [0.5, 0.6) is 5.75 Å². The molecule has 0 saturated carbocycles. The van der Waals surface area contributed by atoms with E-state index in [-0.39, 0.29) is 34.9 Å². The summed E-state index contributed by atoms with van der Waals surface area (Å²) in [6.45, 7) is 10.9. The number of anilines is 1. The first-order valence-corrected chi connectivity index (χ1v) is 14.8. The summed E-state index contributed by atoms with van der Waals surface area (Å²) in [7, 11) is 0. The SMILES string of the molecule is CCN1C2=C(C(=O)CC(C)(C)C2)C(c2cc(Cl)ccc2OCC(=O)Nc2ccccc2Cl)C2=C1CC(C)(C)CC2=O. The van der Waals surface area contributed by atoms with Gasteiger partial charge in [0.25, 0.3) is 5.91 Å². The molecule has 0 aromatic heterocycles. The maximum Gasteiger partial charge on any atom is 0.262 e. The average Bonchev–Trinajstić information content (AvgIpc) is 2.87. The fourth-order valence-corrected chi connectivity index (χ4v) is 6.87. The Labute approximate surface area is 251 Å². The molecular formula is C33H36Cl2N2O4. The number of nitrogens with one attached hydrogen (secondary N) is 1. The molecule has 2 aromatic rings. The summed E-state index contributed by atoms with van der Waals surface area (Å²) >= 11 is 12.7. The highest BCUT2D eigenvalue weighted by molar-refractivity contribution is 6.33.